The SMILES string of the molecule is CNC1CN=C(c2ccccc2Cl)c2cc(Cl)sc2N1. The zero-order valence-electron chi connectivity index (χ0n) is 10.8. The number of nitrogens with zero attached hydrogens (tertiary/aromatic N) is 1. The minimum absolute atomic E-state index is 0.0865. The normalized spacial score (nSPS) is 17.9. The molecule has 6 heteroatoms. The van der Waals surface area contributed by atoms with Crippen molar-refractivity contribution in [2.45, 2.75) is 6.17 Å². The van der Waals surface area contributed by atoms with E-state index in [2.05, 4.69) is 10.6 Å². The minimum Gasteiger partial charge on any atom is -0.359 e. The summed E-state index contributed by atoms with van der Waals surface area (Å²) in [5.74, 6) is 0. The summed E-state index contributed by atoms with van der Waals surface area (Å²) in [4.78, 5) is 4.72. The summed E-state index contributed by atoms with van der Waals surface area (Å²) in [6.07, 6.45) is 0.0865. The van der Waals surface area contributed by atoms with Crippen LogP contribution >= 0.6 is 34.5 Å². The number of likely N-dealkylation sites (N-methyl/N-ethyl adjacent to an activating group) is 1. The van der Waals surface area contributed by atoms with Gasteiger partial charge >= 0.3 is 0 Å². The molecule has 2 heterocycles. The number of halogens is 2. The fourth-order valence-electron chi connectivity index (χ4n) is 2.16. The molecule has 0 fully saturated rings. The van der Waals surface area contributed by atoms with E-state index >= 15 is 0 Å². The van der Waals surface area contributed by atoms with Gasteiger partial charge in [0.2, 0.25) is 0 Å². The van der Waals surface area contributed by atoms with Gasteiger partial charge in [-0.05, 0) is 19.2 Å². The van der Waals surface area contributed by atoms with Crippen molar-refractivity contribution < 1.29 is 0 Å². The van der Waals surface area contributed by atoms with Gasteiger partial charge in [0.05, 0.1) is 22.8 Å². The maximum absolute atomic E-state index is 6.31. The Hall–Kier alpha value is -1.07. The Bertz CT molecular complexity index is 666. The molecule has 1 aromatic carbocycles. The number of fused-ring (bicyclic) bond motifs is 1. The van der Waals surface area contributed by atoms with Crippen LogP contribution < -0.4 is 10.6 Å². The summed E-state index contributed by atoms with van der Waals surface area (Å²) < 4.78 is 0.735. The monoisotopic (exact) mass is 325 g/mol. The van der Waals surface area contributed by atoms with Gasteiger partial charge in [0.15, 0.2) is 0 Å². The molecule has 3 rings (SSSR count). The van der Waals surface area contributed by atoms with Crippen LogP contribution in [0.15, 0.2) is 35.3 Å². The summed E-state index contributed by atoms with van der Waals surface area (Å²) in [5, 5.41) is 8.32. The van der Waals surface area contributed by atoms with Crippen LogP contribution in [0.3, 0.4) is 0 Å². The molecule has 1 atom stereocenters. The molecule has 1 aliphatic heterocycles. The number of anilines is 1. The maximum atomic E-state index is 6.31. The van der Waals surface area contributed by atoms with Crippen LogP contribution in [0, 0.1) is 0 Å². The fourth-order valence-corrected chi connectivity index (χ4v) is 3.57. The first-order valence-electron chi connectivity index (χ1n) is 6.22. The molecule has 20 heavy (non-hydrogen) atoms. The molecular formula is C14H13Cl2N3S. The molecule has 1 unspecified atom stereocenters. The van der Waals surface area contributed by atoms with Gasteiger partial charge in [-0.3, -0.25) is 10.3 Å². The zero-order valence-corrected chi connectivity index (χ0v) is 13.1. The van der Waals surface area contributed by atoms with E-state index in [-0.39, 0.29) is 6.17 Å². The van der Waals surface area contributed by atoms with Gasteiger partial charge in [0, 0.05) is 16.1 Å². The van der Waals surface area contributed by atoms with E-state index < -0.39 is 0 Å². The Morgan fingerprint density at radius 3 is 2.85 bits per heavy atom. The lowest BCUT2D eigenvalue weighted by Crippen LogP contribution is -2.35. The van der Waals surface area contributed by atoms with Crippen LogP contribution in [-0.4, -0.2) is 25.5 Å². The number of benzene rings is 1. The number of aliphatic imine (C=N–C) groups is 1. The molecule has 0 saturated carbocycles. The van der Waals surface area contributed by atoms with Crippen molar-refractivity contribution in [1.82, 2.24) is 5.32 Å². The zero-order chi connectivity index (χ0) is 14.1. The smallest absolute Gasteiger partial charge is 0.101 e. The lowest BCUT2D eigenvalue weighted by Gasteiger charge is -2.13. The number of hydrogen-bond acceptors (Lipinski definition) is 4. The second kappa shape index (κ2) is 5.74. The van der Waals surface area contributed by atoms with Gasteiger partial charge in [-0.25, -0.2) is 0 Å². The largest absolute Gasteiger partial charge is 0.359 e. The van der Waals surface area contributed by atoms with Crippen LogP contribution in [-0.2, 0) is 0 Å². The van der Waals surface area contributed by atoms with E-state index in [1.54, 1.807) is 0 Å². The summed E-state index contributed by atoms with van der Waals surface area (Å²) in [6.45, 7) is 0.635. The highest BCUT2D eigenvalue weighted by atomic mass is 35.5. The Balaban J connectivity index is 2.14. The summed E-state index contributed by atoms with van der Waals surface area (Å²) in [5.41, 5.74) is 2.83. The van der Waals surface area contributed by atoms with E-state index in [1.165, 1.54) is 11.3 Å². The lowest BCUT2D eigenvalue weighted by atomic mass is 10.0. The molecule has 1 aromatic heterocycles. The number of thiophene rings is 1. The van der Waals surface area contributed by atoms with Crippen molar-refractivity contribution in [2.24, 2.45) is 4.99 Å². The van der Waals surface area contributed by atoms with Crippen LogP contribution in [0.25, 0.3) is 0 Å². The molecule has 1 aliphatic rings. The predicted molar refractivity (Wildman–Crippen MR) is 87.8 cm³/mol. The van der Waals surface area contributed by atoms with Crippen LogP contribution in [0.2, 0.25) is 9.36 Å². The third-order valence-corrected chi connectivity index (χ3v) is 4.70. The Labute approximate surface area is 131 Å². The quantitative estimate of drug-likeness (QED) is 0.879. The van der Waals surface area contributed by atoms with Gasteiger partial charge < -0.3 is 5.32 Å². The van der Waals surface area contributed by atoms with Gasteiger partial charge in [0.25, 0.3) is 0 Å². The van der Waals surface area contributed by atoms with Crippen molar-refractivity contribution in [3.05, 3.63) is 50.8 Å². The molecule has 0 aliphatic carbocycles. The molecule has 0 saturated heterocycles. The molecule has 0 radical (unpaired) electrons. The highest BCUT2D eigenvalue weighted by Gasteiger charge is 2.22. The first kappa shape index (κ1) is 13.9. The van der Waals surface area contributed by atoms with Crippen molar-refractivity contribution in [2.75, 3.05) is 18.9 Å². The molecule has 2 aromatic rings. The van der Waals surface area contributed by atoms with Gasteiger partial charge in [-0.15, -0.1) is 11.3 Å². The predicted octanol–water partition coefficient (Wildman–Crippen LogP) is 3.86. The maximum Gasteiger partial charge on any atom is 0.101 e. The standard InChI is InChI=1S/C14H13Cl2N3S/c1-17-12-7-18-13(8-4-2-3-5-10(8)15)9-6-11(16)20-14(9)19-12/h2-6,12,17,19H,7H2,1H3. The highest BCUT2D eigenvalue weighted by Crippen LogP contribution is 2.36. The van der Waals surface area contributed by atoms with Crippen molar-refractivity contribution in [1.29, 1.82) is 0 Å². The van der Waals surface area contributed by atoms with E-state index in [0.717, 1.165) is 26.2 Å². The average Bonchev–Trinajstić information content (AvgIpc) is 2.71. The third kappa shape index (κ3) is 2.56. The van der Waals surface area contributed by atoms with Crippen molar-refractivity contribution in [3.8, 4) is 0 Å². The van der Waals surface area contributed by atoms with Crippen LogP contribution in [0.5, 0.6) is 0 Å². The lowest BCUT2D eigenvalue weighted by molar-refractivity contribution is 0.640. The number of hydrogen-bond donors (Lipinski definition) is 2. The van der Waals surface area contributed by atoms with Crippen molar-refractivity contribution >= 4 is 45.3 Å². The first-order chi connectivity index (χ1) is 9.69. The number of rotatable bonds is 2. The summed E-state index contributed by atoms with van der Waals surface area (Å²) in [7, 11) is 1.91. The van der Waals surface area contributed by atoms with E-state index in [1.807, 2.05) is 37.4 Å². The van der Waals surface area contributed by atoms with Gasteiger partial charge in [-0.2, -0.15) is 0 Å². The first-order valence-corrected chi connectivity index (χ1v) is 7.79. The van der Waals surface area contributed by atoms with E-state index in [9.17, 15) is 0 Å². The molecular weight excluding hydrogens is 313 g/mol. The molecule has 0 amide bonds. The summed E-state index contributed by atoms with van der Waals surface area (Å²) >= 11 is 14.0. The van der Waals surface area contributed by atoms with E-state index in [4.69, 9.17) is 28.2 Å². The second-order valence-electron chi connectivity index (χ2n) is 4.45. The number of nitrogens with one attached hydrogen (secondary N) is 2. The molecule has 0 spiro atoms. The van der Waals surface area contributed by atoms with E-state index in [0.29, 0.717) is 11.6 Å². The Kier molecular flexibility index (Phi) is 3.98. The van der Waals surface area contributed by atoms with Crippen LogP contribution in [0.1, 0.15) is 11.1 Å². The third-order valence-electron chi connectivity index (χ3n) is 3.17. The molecule has 2 N–H and O–H groups in total. The Morgan fingerprint density at radius 1 is 1.30 bits per heavy atom. The molecule has 0 bridgehead atoms. The minimum atomic E-state index is 0.0865. The fraction of sp³-hybridized carbons (Fsp3) is 0.214. The Morgan fingerprint density at radius 2 is 2.10 bits per heavy atom. The van der Waals surface area contributed by atoms with Gasteiger partial charge in [-0.1, -0.05) is 41.4 Å². The second-order valence-corrected chi connectivity index (χ2v) is 6.54. The van der Waals surface area contributed by atoms with Crippen molar-refractivity contribution in [3.63, 3.8) is 0 Å². The topological polar surface area (TPSA) is 36.4 Å². The average molecular weight is 326 g/mol. The molecule has 104 valence electrons. The van der Waals surface area contributed by atoms with Crippen LogP contribution in [0.4, 0.5) is 5.00 Å². The summed E-state index contributed by atoms with van der Waals surface area (Å²) in [6, 6.07) is 9.68. The molecule has 3 nitrogen and oxygen atoms in total. The van der Waals surface area contributed by atoms with Gasteiger partial charge in [0.1, 0.15) is 5.00 Å². The highest BCUT2D eigenvalue weighted by molar-refractivity contribution is 7.20.